The lowest BCUT2D eigenvalue weighted by Crippen LogP contribution is -2.09. The monoisotopic (exact) mass is 638 g/mol. The third-order valence-corrected chi connectivity index (χ3v) is 9.57. The molecule has 0 spiro atoms. The minimum absolute atomic E-state index is 1.12. The van der Waals surface area contributed by atoms with Crippen LogP contribution in [0.15, 0.2) is 206 Å². The molecule has 0 aliphatic heterocycles. The van der Waals surface area contributed by atoms with Crippen LogP contribution < -0.4 is 4.90 Å². The molecule has 2 nitrogen and oxygen atoms in total. The minimum atomic E-state index is 1.12. The van der Waals surface area contributed by atoms with Crippen LogP contribution in [-0.2, 0) is 0 Å². The highest BCUT2D eigenvalue weighted by Crippen LogP contribution is 2.38. The van der Waals surface area contributed by atoms with Gasteiger partial charge in [-0.15, -0.1) is 0 Å². The summed E-state index contributed by atoms with van der Waals surface area (Å²) >= 11 is 0. The molecule has 2 heteroatoms. The van der Waals surface area contributed by atoms with Gasteiger partial charge in [0.1, 0.15) is 0 Å². The van der Waals surface area contributed by atoms with E-state index in [1.807, 2.05) is 0 Å². The number of benzene rings is 8. The Balaban J connectivity index is 1.12. The largest absolute Gasteiger partial charge is 0.310 e. The summed E-state index contributed by atoms with van der Waals surface area (Å²) in [7, 11) is 0. The summed E-state index contributed by atoms with van der Waals surface area (Å²) in [5.41, 5.74) is 14.1. The summed E-state index contributed by atoms with van der Waals surface area (Å²) in [6.45, 7) is 0. The molecule has 0 radical (unpaired) electrons. The van der Waals surface area contributed by atoms with E-state index in [2.05, 4.69) is 216 Å². The van der Waals surface area contributed by atoms with E-state index < -0.39 is 0 Å². The first kappa shape index (κ1) is 29.5. The Morgan fingerprint density at radius 1 is 0.280 bits per heavy atom. The van der Waals surface area contributed by atoms with Crippen molar-refractivity contribution in [1.82, 2.24) is 4.57 Å². The van der Waals surface area contributed by atoms with Crippen LogP contribution in [0.4, 0.5) is 17.1 Å². The molecule has 236 valence electrons. The van der Waals surface area contributed by atoms with Crippen molar-refractivity contribution in [2.45, 2.75) is 0 Å². The zero-order valence-corrected chi connectivity index (χ0v) is 27.5. The summed E-state index contributed by atoms with van der Waals surface area (Å²) < 4.78 is 2.40. The second-order valence-electron chi connectivity index (χ2n) is 12.6. The Kier molecular flexibility index (Phi) is 7.53. The smallest absolute Gasteiger partial charge is 0.0547 e. The molecule has 0 unspecified atom stereocenters. The average molecular weight is 639 g/mol. The molecule has 1 heterocycles. The van der Waals surface area contributed by atoms with E-state index in [1.165, 1.54) is 55.2 Å². The third kappa shape index (κ3) is 5.43. The van der Waals surface area contributed by atoms with Crippen LogP contribution in [0.5, 0.6) is 0 Å². The number of hydrogen-bond donors (Lipinski definition) is 0. The van der Waals surface area contributed by atoms with E-state index in [9.17, 15) is 0 Å². The van der Waals surface area contributed by atoms with Crippen LogP contribution in [0, 0.1) is 0 Å². The van der Waals surface area contributed by atoms with Crippen molar-refractivity contribution < 1.29 is 0 Å². The van der Waals surface area contributed by atoms with Crippen molar-refractivity contribution >= 4 is 38.9 Å². The van der Waals surface area contributed by atoms with Crippen LogP contribution in [-0.4, -0.2) is 4.57 Å². The molecule has 0 bridgehead atoms. The molecular weight excluding hydrogens is 605 g/mol. The van der Waals surface area contributed by atoms with Crippen molar-refractivity contribution in [2.24, 2.45) is 0 Å². The van der Waals surface area contributed by atoms with Gasteiger partial charge in [0.2, 0.25) is 0 Å². The normalized spacial score (nSPS) is 11.2. The molecule has 0 N–H and O–H groups in total. The van der Waals surface area contributed by atoms with Gasteiger partial charge in [0.25, 0.3) is 0 Å². The molecule has 1 aromatic heterocycles. The molecular formula is C48H34N2. The number of rotatable bonds is 7. The maximum absolute atomic E-state index is 2.40. The maximum Gasteiger partial charge on any atom is 0.0547 e. The van der Waals surface area contributed by atoms with Crippen molar-refractivity contribution in [3.05, 3.63) is 206 Å². The number of nitrogens with zero attached hydrogens (tertiary/aromatic N) is 2. The van der Waals surface area contributed by atoms with E-state index in [0.717, 1.165) is 22.7 Å². The highest BCUT2D eigenvalue weighted by Gasteiger charge is 2.15. The van der Waals surface area contributed by atoms with Crippen molar-refractivity contribution in [2.75, 3.05) is 4.90 Å². The van der Waals surface area contributed by atoms with Gasteiger partial charge in [-0.05, 0) is 100 Å². The predicted octanol–water partition coefficient (Wildman–Crippen LogP) is 13.3. The van der Waals surface area contributed by atoms with Gasteiger partial charge in [-0.2, -0.15) is 0 Å². The second-order valence-corrected chi connectivity index (χ2v) is 12.6. The van der Waals surface area contributed by atoms with E-state index in [4.69, 9.17) is 0 Å². The van der Waals surface area contributed by atoms with Gasteiger partial charge in [-0.3, -0.25) is 0 Å². The van der Waals surface area contributed by atoms with Crippen molar-refractivity contribution in [3.8, 4) is 39.1 Å². The predicted molar refractivity (Wildman–Crippen MR) is 212 cm³/mol. The van der Waals surface area contributed by atoms with E-state index in [1.54, 1.807) is 0 Å². The zero-order valence-electron chi connectivity index (χ0n) is 27.5. The van der Waals surface area contributed by atoms with Gasteiger partial charge in [0.15, 0.2) is 0 Å². The number of fused-ring (bicyclic) bond motifs is 3. The first-order valence-electron chi connectivity index (χ1n) is 17.1. The number of para-hydroxylation sites is 3. The minimum Gasteiger partial charge on any atom is -0.310 e. The van der Waals surface area contributed by atoms with Crippen LogP contribution in [0.2, 0.25) is 0 Å². The second kappa shape index (κ2) is 12.8. The SMILES string of the molecule is c1ccc(-c2ccc(-n3c4ccccc4c4ccc(-c5cccc(-c6cccc(N(c7ccccc7)c7ccccc7)c6)c5)cc43)cc2)cc1. The number of aromatic nitrogens is 1. The quantitative estimate of drug-likeness (QED) is 0.169. The third-order valence-electron chi connectivity index (χ3n) is 9.57. The van der Waals surface area contributed by atoms with Crippen LogP contribution in [0.3, 0.4) is 0 Å². The lowest BCUT2D eigenvalue weighted by Gasteiger charge is -2.26. The Labute approximate surface area is 292 Å². The fourth-order valence-corrected chi connectivity index (χ4v) is 7.17. The standard InChI is InChI=1S/C48H34N2/c1-4-14-35(15-5-1)36-26-29-43(30-27-36)50-47-25-11-10-24-45(47)46-31-28-40(34-48(46)50)38-17-12-16-37(32-38)39-18-13-23-44(33-39)49(41-19-6-2-7-20-41)42-21-8-3-9-22-42/h1-34H. The summed E-state index contributed by atoms with van der Waals surface area (Å²) in [6, 6.07) is 74.0. The maximum atomic E-state index is 2.40. The Bertz CT molecular complexity index is 2530. The summed E-state index contributed by atoms with van der Waals surface area (Å²) in [6.07, 6.45) is 0. The molecule has 0 saturated carbocycles. The molecule has 50 heavy (non-hydrogen) atoms. The fourth-order valence-electron chi connectivity index (χ4n) is 7.17. The van der Waals surface area contributed by atoms with E-state index in [0.29, 0.717) is 0 Å². The lowest BCUT2D eigenvalue weighted by atomic mass is 9.97. The van der Waals surface area contributed by atoms with Gasteiger partial charge >= 0.3 is 0 Å². The Hall–Kier alpha value is -6.64. The molecule has 0 aliphatic carbocycles. The average Bonchev–Trinajstić information content (AvgIpc) is 3.53. The topological polar surface area (TPSA) is 8.17 Å². The first-order valence-corrected chi connectivity index (χ1v) is 17.1. The van der Waals surface area contributed by atoms with Crippen molar-refractivity contribution in [1.29, 1.82) is 0 Å². The van der Waals surface area contributed by atoms with Crippen molar-refractivity contribution in [3.63, 3.8) is 0 Å². The van der Waals surface area contributed by atoms with Crippen LogP contribution in [0.1, 0.15) is 0 Å². The summed E-state index contributed by atoms with van der Waals surface area (Å²) in [5, 5.41) is 2.51. The molecule has 0 atom stereocenters. The van der Waals surface area contributed by atoms with E-state index in [-0.39, 0.29) is 0 Å². The molecule has 9 aromatic rings. The summed E-state index contributed by atoms with van der Waals surface area (Å²) in [5.74, 6) is 0. The molecule has 0 saturated heterocycles. The van der Waals surface area contributed by atoms with Gasteiger partial charge in [0.05, 0.1) is 11.0 Å². The Morgan fingerprint density at radius 3 is 1.42 bits per heavy atom. The molecule has 8 aromatic carbocycles. The molecule has 0 fully saturated rings. The molecule has 9 rings (SSSR count). The Morgan fingerprint density at radius 2 is 0.740 bits per heavy atom. The van der Waals surface area contributed by atoms with Gasteiger partial charge in [-0.1, -0.05) is 140 Å². The first-order chi connectivity index (χ1) is 24.8. The number of hydrogen-bond acceptors (Lipinski definition) is 1. The zero-order chi connectivity index (χ0) is 33.3. The molecule has 0 amide bonds. The highest BCUT2D eigenvalue weighted by atomic mass is 15.1. The highest BCUT2D eigenvalue weighted by molar-refractivity contribution is 6.10. The number of anilines is 3. The van der Waals surface area contributed by atoms with E-state index >= 15 is 0 Å². The van der Waals surface area contributed by atoms with Gasteiger partial charge < -0.3 is 9.47 Å². The van der Waals surface area contributed by atoms with Gasteiger partial charge in [-0.25, -0.2) is 0 Å². The van der Waals surface area contributed by atoms with Gasteiger partial charge in [0, 0.05) is 33.5 Å². The molecule has 0 aliphatic rings. The summed E-state index contributed by atoms with van der Waals surface area (Å²) in [4.78, 5) is 2.31. The fraction of sp³-hybridized carbons (Fsp3) is 0. The van der Waals surface area contributed by atoms with Crippen LogP contribution in [0.25, 0.3) is 60.9 Å². The lowest BCUT2D eigenvalue weighted by molar-refractivity contribution is 1.18. The van der Waals surface area contributed by atoms with Crippen LogP contribution >= 0.6 is 0 Å².